The number of fused-ring (bicyclic) bond motifs is 3. The molecule has 0 aliphatic heterocycles. The van der Waals surface area contributed by atoms with Crippen LogP contribution in [-0.4, -0.2) is 5.11 Å². The van der Waals surface area contributed by atoms with Gasteiger partial charge in [0, 0.05) is 0 Å². The van der Waals surface area contributed by atoms with Gasteiger partial charge in [0.2, 0.25) is 0 Å². The average molecular weight is 210 g/mol. The fourth-order valence-corrected chi connectivity index (χ4v) is 2.71. The van der Waals surface area contributed by atoms with Crippen molar-refractivity contribution < 1.29 is 5.11 Å². The molecule has 0 saturated heterocycles. The predicted molar refractivity (Wildman–Crippen MR) is 65.4 cm³/mol. The van der Waals surface area contributed by atoms with E-state index in [-0.39, 0.29) is 0 Å². The molecule has 2 aromatic rings. The molecule has 0 bridgehead atoms. The number of aliphatic hydroxyl groups excluding tert-OH is 1. The van der Waals surface area contributed by atoms with Crippen molar-refractivity contribution in [2.75, 3.05) is 0 Å². The van der Waals surface area contributed by atoms with Crippen LogP contribution in [0.3, 0.4) is 0 Å². The molecule has 1 aliphatic rings. The Balaban J connectivity index is 2.38. The molecular formula is C15H14O. The lowest BCUT2D eigenvalue weighted by atomic mass is 9.98. The number of aryl methyl sites for hydroxylation is 2. The Hall–Kier alpha value is -1.60. The van der Waals surface area contributed by atoms with Gasteiger partial charge in [-0.25, -0.2) is 0 Å². The van der Waals surface area contributed by atoms with Gasteiger partial charge in [0.1, 0.15) is 6.10 Å². The lowest BCUT2D eigenvalue weighted by Gasteiger charge is -2.08. The van der Waals surface area contributed by atoms with Crippen LogP contribution < -0.4 is 0 Å². The molecule has 0 amide bonds. The van der Waals surface area contributed by atoms with Gasteiger partial charge >= 0.3 is 0 Å². The van der Waals surface area contributed by atoms with Gasteiger partial charge < -0.3 is 5.11 Å². The number of benzene rings is 2. The highest BCUT2D eigenvalue weighted by Crippen LogP contribution is 2.45. The lowest BCUT2D eigenvalue weighted by Crippen LogP contribution is -1.94. The van der Waals surface area contributed by atoms with Gasteiger partial charge in [-0.3, -0.25) is 0 Å². The first-order valence-electron chi connectivity index (χ1n) is 5.57. The standard InChI is InChI=1S/C15H14O/c1-9-7-10(2)14-11-5-3-4-6-12(11)15(16)13(14)8-9/h3-8,15-16H,1-2H3. The molecule has 2 aromatic carbocycles. The molecule has 16 heavy (non-hydrogen) atoms. The Kier molecular flexibility index (Phi) is 1.92. The van der Waals surface area contributed by atoms with E-state index in [2.05, 4.69) is 32.0 Å². The van der Waals surface area contributed by atoms with Crippen LogP contribution in [0.15, 0.2) is 36.4 Å². The fourth-order valence-electron chi connectivity index (χ4n) is 2.71. The second-order valence-electron chi connectivity index (χ2n) is 4.54. The molecule has 0 spiro atoms. The number of rotatable bonds is 0. The summed E-state index contributed by atoms with van der Waals surface area (Å²) < 4.78 is 0. The first-order valence-corrected chi connectivity index (χ1v) is 5.57. The van der Waals surface area contributed by atoms with Gasteiger partial charge in [-0.15, -0.1) is 0 Å². The number of aliphatic hydroxyl groups is 1. The summed E-state index contributed by atoms with van der Waals surface area (Å²) in [5.41, 5.74) is 6.95. The summed E-state index contributed by atoms with van der Waals surface area (Å²) in [5.74, 6) is 0. The minimum atomic E-state index is -0.454. The maximum Gasteiger partial charge on any atom is 0.105 e. The molecule has 1 aliphatic carbocycles. The quantitative estimate of drug-likeness (QED) is 0.706. The molecule has 1 unspecified atom stereocenters. The van der Waals surface area contributed by atoms with Crippen molar-refractivity contribution >= 4 is 0 Å². The topological polar surface area (TPSA) is 20.2 Å². The zero-order chi connectivity index (χ0) is 11.3. The largest absolute Gasteiger partial charge is 0.384 e. The van der Waals surface area contributed by atoms with E-state index in [1.807, 2.05) is 18.2 Å². The highest BCUT2D eigenvalue weighted by atomic mass is 16.3. The van der Waals surface area contributed by atoms with E-state index in [0.717, 1.165) is 11.1 Å². The highest BCUT2D eigenvalue weighted by Gasteiger charge is 2.27. The fraction of sp³-hybridized carbons (Fsp3) is 0.200. The Labute approximate surface area is 95.4 Å². The Morgan fingerprint density at radius 2 is 1.75 bits per heavy atom. The second kappa shape index (κ2) is 3.19. The summed E-state index contributed by atoms with van der Waals surface area (Å²) in [6.07, 6.45) is -0.454. The molecule has 0 fully saturated rings. The van der Waals surface area contributed by atoms with E-state index in [9.17, 15) is 5.11 Å². The molecular weight excluding hydrogens is 196 g/mol. The number of hydrogen-bond donors (Lipinski definition) is 1. The van der Waals surface area contributed by atoms with Gasteiger partial charge in [-0.1, -0.05) is 42.0 Å². The zero-order valence-corrected chi connectivity index (χ0v) is 9.49. The van der Waals surface area contributed by atoms with Crippen LogP contribution in [0.2, 0.25) is 0 Å². The first-order chi connectivity index (χ1) is 7.68. The van der Waals surface area contributed by atoms with E-state index in [0.29, 0.717) is 0 Å². The van der Waals surface area contributed by atoms with Crippen LogP contribution in [0.25, 0.3) is 11.1 Å². The van der Waals surface area contributed by atoms with Gasteiger partial charge in [0.15, 0.2) is 0 Å². The monoisotopic (exact) mass is 210 g/mol. The summed E-state index contributed by atoms with van der Waals surface area (Å²) >= 11 is 0. The van der Waals surface area contributed by atoms with Crippen molar-refractivity contribution in [2.24, 2.45) is 0 Å². The van der Waals surface area contributed by atoms with Crippen LogP contribution in [0.5, 0.6) is 0 Å². The van der Waals surface area contributed by atoms with Crippen molar-refractivity contribution in [2.45, 2.75) is 20.0 Å². The third kappa shape index (κ3) is 1.15. The number of hydrogen-bond acceptors (Lipinski definition) is 1. The first kappa shape index (κ1) is 9.61. The van der Waals surface area contributed by atoms with Crippen molar-refractivity contribution in [1.82, 2.24) is 0 Å². The smallest absolute Gasteiger partial charge is 0.105 e. The van der Waals surface area contributed by atoms with E-state index >= 15 is 0 Å². The van der Waals surface area contributed by atoms with Crippen LogP contribution >= 0.6 is 0 Å². The molecule has 0 aromatic heterocycles. The Morgan fingerprint density at radius 3 is 2.56 bits per heavy atom. The van der Waals surface area contributed by atoms with Gasteiger partial charge in [-0.05, 0) is 41.7 Å². The van der Waals surface area contributed by atoms with Crippen molar-refractivity contribution in [3.63, 3.8) is 0 Å². The molecule has 0 radical (unpaired) electrons. The predicted octanol–water partition coefficient (Wildman–Crippen LogP) is 3.37. The second-order valence-corrected chi connectivity index (χ2v) is 4.54. The van der Waals surface area contributed by atoms with E-state index < -0.39 is 6.10 Å². The summed E-state index contributed by atoms with van der Waals surface area (Å²) in [7, 11) is 0. The minimum absolute atomic E-state index is 0.454. The molecule has 1 heteroatoms. The maximum atomic E-state index is 10.3. The van der Waals surface area contributed by atoms with Crippen molar-refractivity contribution in [1.29, 1.82) is 0 Å². The summed E-state index contributed by atoms with van der Waals surface area (Å²) in [6, 6.07) is 12.4. The van der Waals surface area contributed by atoms with Crippen molar-refractivity contribution in [3.8, 4) is 11.1 Å². The molecule has 3 rings (SSSR count). The lowest BCUT2D eigenvalue weighted by molar-refractivity contribution is 0.225. The van der Waals surface area contributed by atoms with Gasteiger partial charge in [0.25, 0.3) is 0 Å². The van der Waals surface area contributed by atoms with Crippen LogP contribution in [0, 0.1) is 13.8 Å². The van der Waals surface area contributed by atoms with Crippen LogP contribution in [0.4, 0.5) is 0 Å². The summed E-state index contributed by atoms with van der Waals surface area (Å²) in [6.45, 7) is 4.18. The molecule has 1 atom stereocenters. The maximum absolute atomic E-state index is 10.3. The molecule has 80 valence electrons. The minimum Gasteiger partial charge on any atom is -0.384 e. The third-order valence-electron chi connectivity index (χ3n) is 3.33. The zero-order valence-electron chi connectivity index (χ0n) is 9.49. The van der Waals surface area contributed by atoms with Gasteiger partial charge in [0.05, 0.1) is 0 Å². The summed E-state index contributed by atoms with van der Waals surface area (Å²) in [5, 5.41) is 10.3. The SMILES string of the molecule is Cc1cc(C)c2c(c1)C(O)c1ccccc1-2. The molecule has 1 nitrogen and oxygen atoms in total. The Morgan fingerprint density at radius 1 is 1.00 bits per heavy atom. The highest BCUT2D eigenvalue weighted by molar-refractivity contribution is 5.80. The summed E-state index contributed by atoms with van der Waals surface area (Å²) in [4.78, 5) is 0. The van der Waals surface area contributed by atoms with Gasteiger partial charge in [-0.2, -0.15) is 0 Å². The van der Waals surface area contributed by atoms with Crippen LogP contribution in [0.1, 0.15) is 28.4 Å². The van der Waals surface area contributed by atoms with Crippen LogP contribution in [-0.2, 0) is 0 Å². The molecule has 1 N–H and O–H groups in total. The molecule has 0 heterocycles. The van der Waals surface area contributed by atoms with E-state index in [4.69, 9.17) is 0 Å². The van der Waals surface area contributed by atoms with Crippen molar-refractivity contribution in [3.05, 3.63) is 58.7 Å². The Bertz CT molecular complexity index is 570. The normalized spacial score (nSPS) is 17.1. The van der Waals surface area contributed by atoms with E-state index in [1.54, 1.807) is 0 Å². The third-order valence-corrected chi connectivity index (χ3v) is 3.33. The average Bonchev–Trinajstić information content (AvgIpc) is 2.54. The molecule has 0 saturated carbocycles. The van der Waals surface area contributed by atoms with E-state index in [1.165, 1.54) is 22.3 Å².